The summed E-state index contributed by atoms with van der Waals surface area (Å²) in [5.74, 6) is 0.848. The van der Waals surface area contributed by atoms with Crippen LogP contribution in [0.15, 0.2) is 47.3 Å². The predicted molar refractivity (Wildman–Crippen MR) is 91.6 cm³/mol. The second kappa shape index (κ2) is 6.46. The van der Waals surface area contributed by atoms with Gasteiger partial charge in [-0.05, 0) is 50.2 Å². The molecule has 2 heterocycles. The first-order valence-corrected chi connectivity index (χ1v) is 8.27. The van der Waals surface area contributed by atoms with E-state index in [-0.39, 0.29) is 6.10 Å². The molecule has 0 atom stereocenters. The van der Waals surface area contributed by atoms with Crippen LogP contribution >= 0.6 is 22.9 Å². The summed E-state index contributed by atoms with van der Waals surface area (Å²) in [7, 11) is 0. The molecule has 0 radical (unpaired) electrons. The minimum atomic E-state index is 0.159. The third-order valence-electron chi connectivity index (χ3n) is 3.01. The molecule has 0 aliphatic heterocycles. The summed E-state index contributed by atoms with van der Waals surface area (Å²) in [4.78, 5) is 8.94. The molecule has 0 spiro atoms. The number of aromatic nitrogens is 2. The Labute approximate surface area is 138 Å². The van der Waals surface area contributed by atoms with Gasteiger partial charge < -0.3 is 4.74 Å². The van der Waals surface area contributed by atoms with Gasteiger partial charge in [-0.3, -0.25) is 0 Å². The molecule has 0 saturated heterocycles. The Morgan fingerprint density at radius 3 is 2.41 bits per heavy atom. The lowest BCUT2D eigenvalue weighted by molar-refractivity contribution is 0.242. The van der Waals surface area contributed by atoms with Gasteiger partial charge in [0.1, 0.15) is 5.75 Å². The van der Waals surface area contributed by atoms with E-state index in [4.69, 9.17) is 16.3 Å². The largest absolute Gasteiger partial charge is 0.491 e. The summed E-state index contributed by atoms with van der Waals surface area (Å²) < 4.78 is 5.66. The van der Waals surface area contributed by atoms with Crippen molar-refractivity contribution in [1.29, 1.82) is 0 Å². The van der Waals surface area contributed by atoms with Crippen LogP contribution in [0.4, 0.5) is 0 Å². The van der Waals surface area contributed by atoms with Gasteiger partial charge in [0.05, 0.1) is 28.7 Å². The SMILES string of the molecule is CC(C)Oc1ccc(-c2cc(Cl)cc(-c3cscn3)n2)cc1. The van der Waals surface area contributed by atoms with Gasteiger partial charge in [0.15, 0.2) is 0 Å². The normalized spacial score (nSPS) is 10.9. The van der Waals surface area contributed by atoms with Crippen LogP contribution in [0.25, 0.3) is 22.6 Å². The summed E-state index contributed by atoms with van der Waals surface area (Å²) in [6.07, 6.45) is 0.159. The quantitative estimate of drug-likeness (QED) is 0.650. The van der Waals surface area contributed by atoms with E-state index in [0.717, 1.165) is 28.4 Å². The minimum absolute atomic E-state index is 0.159. The molecule has 0 aliphatic rings. The monoisotopic (exact) mass is 330 g/mol. The highest BCUT2D eigenvalue weighted by atomic mass is 35.5. The third kappa shape index (κ3) is 3.46. The molecule has 1 aromatic carbocycles. The molecule has 3 aromatic rings. The Hall–Kier alpha value is -1.91. The average molecular weight is 331 g/mol. The number of rotatable bonds is 4. The molecule has 0 aliphatic carbocycles. The number of pyridine rings is 1. The van der Waals surface area contributed by atoms with E-state index < -0.39 is 0 Å². The van der Waals surface area contributed by atoms with Crippen molar-refractivity contribution < 1.29 is 4.74 Å². The van der Waals surface area contributed by atoms with Crippen molar-refractivity contribution in [2.75, 3.05) is 0 Å². The number of ether oxygens (including phenoxy) is 1. The minimum Gasteiger partial charge on any atom is -0.491 e. The second-order valence-electron chi connectivity index (χ2n) is 5.12. The van der Waals surface area contributed by atoms with Crippen molar-refractivity contribution >= 4 is 22.9 Å². The fourth-order valence-electron chi connectivity index (χ4n) is 2.09. The van der Waals surface area contributed by atoms with Gasteiger partial charge in [-0.1, -0.05) is 11.6 Å². The molecule has 2 aromatic heterocycles. The highest BCUT2D eigenvalue weighted by Gasteiger charge is 2.08. The average Bonchev–Trinajstić information content (AvgIpc) is 3.01. The Kier molecular flexibility index (Phi) is 4.41. The number of benzene rings is 1. The Morgan fingerprint density at radius 1 is 1.05 bits per heavy atom. The van der Waals surface area contributed by atoms with Crippen molar-refractivity contribution in [3.63, 3.8) is 0 Å². The van der Waals surface area contributed by atoms with Gasteiger partial charge in [-0.2, -0.15) is 0 Å². The van der Waals surface area contributed by atoms with Crippen molar-refractivity contribution in [2.24, 2.45) is 0 Å². The number of thiazole rings is 1. The van der Waals surface area contributed by atoms with Crippen LogP contribution in [-0.2, 0) is 0 Å². The van der Waals surface area contributed by atoms with E-state index in [9.17, 15) is 0 Å². The highest BCUT2D eigenvalue weighted by molar-refractivity contribution is 7.07. The first-order chi connectivity index (χ1) is 10.6. The van der Waals surface area contributed by atoms with Crippen molar-refractivity contribution in [3.05, 3.63) is 52.3 Å². The van der Waals surface area contributed by atoms with Gasteiger partial charge in [0.25, 0.3) is 0 Å². The Balaban J connectivity index is 1.94. The fourth-order valence-corrected chi connectivity index (χ4v) is 2.84. The number of nitrogens with zero attached hydrogens (tertiary/aromatic N) is 2. The standard InChI is InChI=1S/C17H15ClN2OS/c1-11(2)21-14-5-3-12(4-6-14)15-7-13(18)8-16(20-15)17-9-22-10-19-17/h3-11H,1-2H3. The van der Waals surface area contributed by atoms with E-state index in [0.29, 0.717) is 5.02 Å². The van der Waals surface area contributed by atoms with Crippen LogP contribution < -0.4 is 4.74 Å². The summed E-state index contributed by atoms with van der Waals surface area (Å²) in [5.41, 5.74) is 5.23. The maximum Gasteiger partial charge on any atom is 0.119 e. The van der Waals surface area contributed by atoms with Crippen molar-refractivity contribution in [2.45, 2.75) is 20.0 Å². The predicted octanol–water partition coefficient (Wildman–Crippen LogP) is 5.31. The van der Waals surface area contributed by atoms with Gasteiger partial charge in [-0.25, -0.2) is 9.97 Å². The van der Waals surface area contributed by atoms with Gasteiger partial charge >= 0.3 is 0 Å². The van der Waals surface area contributed by atoms with Crippen LogP contribution in [0.3, 0.4) is 0 Å². The molecule has 5 heteroatoms. The maximum atomic E-state index is 6.23. The Morgan fingerprint density at radius 2 is 1.77 bits per heavy atom. The summed E-state index contributed by atoms with van der Waals surface area (Å²) in [5, 5.41) is 2.61. The second-order valence-corrected chi connectivity index (χ2v) is 6.28. The molecule has 0 unspecified atom stereocenters. The summed E-state index contributed by atoms with van der Waals surface area (Å²) in [6, 6.07) is 11.6. The molecule has 3 nitrogen and oxygen atoms in total. The molecule has 0 amide bonds. The molecule has 0 fully saturated rings. The molecule has 0 bridgehead atoms. The van der Waals surface area contributed by atoms with E-state index in [1.165, 1.54) is 11.3 Å². The number of hydrogen-bond acceptors (Lipinski definition) is 4. The molecule has 22 heavy (non-hydrogen) atoms. The first-order valence-electron chi connectivity index (χ1n) is 6.95. The first kappa shape index (κ1) is 15.0. The summed E-state index contributed by atoms with van der Waals surface area (Å²) in [6.45, 7) is 4.01. The molecule has 0 N–H and O–H groups in total. The van der Waals surface area contributed by atoms with Crippen molar-refractivity contribution in [1.82, 2.24) is 9.97 Å². The zero-order valence-electron chi connectivity index (χ0n) is 12.3. The van der Waals surface area contributed by atoms with Crippen LogP contribution in [-0.4, -0.2) is 16.1 Å². The summed E-state index contributed by atoms with van der Waals surface area (Å²) >= 11 is 7.77. The maximum absolute atomic E-state index is 6.23. The van der Waals surface area contributed by atoms with Crippen molar-refractivity contribution in [3.8, 4) is 28.4 Å². The fraction of sp³-hybridized carbons (Fsp3) is 0.176. The number of halogens is 1. The number of hydrogen-bond donors (Lipinski definition) is 0. The van der Waals surface area contributed by atoms with E-state index in [2.05, 4.69) is 9.97 Å². The molecular formula is C17H15ClN2OS. The third-order valence-corrected chi connectivity index (χ3v) is 3.81. The van der Waals surface area contributed by atoms with Crippen LogP contribution in [0, 0.1) is 0 Å². The topological polar surface area (TPSA) is 35.0 Å². The zero-order valence-corrected chi connectivity index (χ0v) is 13.9. The molecular weight excluding hydrogens is 316 g/mol. The van der Waals surface area contributed by atoms with E-state index in [1.807, 2.05) is 55.6 Å². The zero-order chi connectivity index (χ0) is 15.5. The van der Waals surface area contributed by atoms with E-state index >= 15 is 0 Å². The smallest absolute Gasteiger partial charge is 0.119 e. The van der Waals surface area contributed by atoms with Gasteiger partial charge in [0, 0.05) is 16.0 Å². The lowest BCUT2D eigenvalue weighted by atomic mass is 10.1. The van der Waals surface area contributed by atoms with E-state index in [1.54, 1.807) is 5.51 Å². The molecule has 112 valence electrons. The van der Waals surface area contributed by atoms with Crippen LogP contribution in [0.5, 0.6) is 5.75 Å². The lowest BCUT2D eigenvalue weighted by Crippen LogP contribution is -2.05. The van der Waals surface area contributed by atoms with Crippen LogP contribution in [0.1, 0.15) is 13.8 Å². The Bertz CT molecular complexity index is 755. The molecule has 3 rings (SSSR count). The highest BCUT2D eigenvalue weighted by Crippen LogP contribution is 2.28. The van der Waals surface area contributed by atoms with Gasteiger partial charge in [0.2, 0.25) is 0 Å². The molecule has 0 saturated carbocycles. The van der Waals surface area contributed by atoms with Gasteiger partial charge in [-0.15, -0.1) is 11.3 Å². The van der Waals surface area contributed by atoms with Crippen LogP contribution in [0.2, 0.25) is 5.02 Å². The lowest BCUT2D eigenvalue weighted by Gasteiger charge is -2.10.